The van der Waals surface area contributed by atoms with Gasteiger partial charge in [0, 0.05) is 13.1 Å². The molecule has 0 aliphatic heterocycles. The van der Waals surface area contributed by atoms with Crippen molar-refractivity contribution in [1.29, 1.82) is 0 Å². The summed E-state index contributed by atoms with van der Waals surface area (Å²) in [6.07, 6.45) is 2.58. The van der Waals surface area contributed by atoms with Crippen LogP contribution in [-0.2, 0) is 9.59 Å². The number of rotatable bonds is 8. The smallest absolute Gasteiger partial charge is 0.308 e. The van der Waals surface area contributed by atoms with E-state index < -0.39 is 17.9 Å². The molecule has 17 heavy (non-hydrogen) atoms. The van der Waals surface area contributed by atoms with Gasteiger partial charge in [-0.1, -0.05) is 6.92 Å². The summed E-state index contributed by atoms with van der Waals surface area (Å²) in [4.78, 5) is 24.2. The highest BCUT2D eigenvalue weighted by atomic mass is 32.2. The zero-order chi connectivity index (χ0) is 13.4. The molecule has 6 heteroatoms. The topological polar surface area (TPSA) is 83.6 Å². The third-order valence-corrected chi connectivity index (χ3v) is 3.20. The third kappa shape index (κ3) is 5.93. The molecule has 0 saturated carbocycles. The summed E-state index contributed by atoms with van der Waals surface area (Å²) in [7, 11) is 0. The molecule has 0 aromatic rings. The van der Waals surface area contributed by atoms with Crippen molar-refractivity contribution in [2.45, 2.75) is 26.3 Å². The number of carboxylic acids is 1. The van der Waals surface area contributed by atoms with Crippen LogP contribution in [0.25, 0.3) is 0 Å². The first-order valence-electron chi connectivity index (χ1n) is 5.70. The number of nitrogens with two attached hydrogens (primary N) is 1. The van der Waals surface area contributed by atoms with Crippen molar-refractivity contribution in [3.05, 3.63) is 0 Å². The van der Waals surface area contributed by atoms with Gasteiger partial charge in [-0.25, -0.2) is 0 Å². The number of hydrogen-bond donors (Lipinski definition) is 2. The summed E-state index contributed by atoms with van der Waals surface area (Å²) in [6.45, 7) is 4.13. The van der Waals surface area contributed by atoms with Crippen molar-refractivity contribution < 1.29 is 14.7 Å². The van der Waals surface area contributed by atoms with Gasteiger partial charge in [-0.2, -0.15) is 11.8 Å². The van der Waals surface area contributed by atoms with Crippen LogP contribution in [0.1, 0.15) is 20.3 Å². The summed E-state index contributed by atoms with van der Waals surface area (Å²) in [5, 5.41) is 8.82. The number of amides is 1. The molecule has 5 nitrogen and oxygen atoms in total. The van der Waals surface area contributed by atoms with Gasteiger partial charge in [0.15, 0.2) is 0 Å². The van der Waals surface area contributed by atoms with Crippen LogP contribution >= 0.6 is 11.8 Å². The van der Waals surface area contributed by atoms with E-state index >= 15 is 0 Å². The molecular weight excluding hydrogens is 240 g/mol. The number of thioether (sulfide) groups is 1. The molecule has 0 spiro atoms. The summed E-state index contributed by atoms with van der Waals surface area (Å²) in [6, 6.07) is -0.525. The lowest BCUT2D eigenvalue weighted by Gasteiger charge is -2.25. The SMILES string of the molecule is CCN(CC(C)C(=O)O)C(=O)[C@@H](N)CCSC. The first-order chi connectivity index (χ1) is 7.93. The van der Waals surface area contributed by atoms with Crippen LogP contribution in [0.15, 0.2) is 0 Å². The Bertz CT molecular complexity index is 261. The maximum Gasteiger partial charge on any atom is 0.308 e. The number of nitrogens with zero attached hydrogens (tertiary/aromatic N) is 1. The Balaban J connectivity index is 4.34. The van der Waals surface area contributed by atoms with Crippen molar-refractivity contribution in [3.8, 4) is 0 Å². The number of likely N-dealkylation sites (N-methyl/N-ethyl adjacent to an activating group) is 1. The van der Waals surface area contributed by atoms with Crippen LogP contribution in [0.4, 0.5) is 0 Å². The molecule has 0 radical (unpaired) electrons. The molecule has 0 heterocycles. The average Bonchev–Trinajstić information content (AvgIpc) is 2.31. The Kier molecular flexibility index (Phi) is 7.99. The van der Waals surface area contributed by atoms with Crippen molar-refractivity contribution in [2.75, 3.05) is 25.1 Å². The number of carbonyl (C=O) groups excluding carboxylic acids is 1. The average molecular weight is 262 g/mol. The predicted molar refractivity (Wildman–Crippen MR) is 70.0 cm³/mol. The summed E-state index contributed by atoms with van der Waals surface area (Å²) in [5.41, 5.74) is 5.78. The van der Waals surface area contributed by atoms with Crippen LogP contribution in [-0.4, -0.2) is 53.0 Å². The summed E-state index contributed by atoms with van der Waals surface area (Å²) >= 11 is 1.64. The van der Waals surface area contributed by atoms with Crippen molar-refractivity contribution in [3.63, 3.8) is 0 Å². The second kappa shape index (κ2) is 8.36. The lowest BCUT2D eigenvalue weighted by atomic mass is 10.1. The minimum Gasteiger partial charge on any atom is -0.481 e. The van der Waals surface area contributed by atoms with E-state index in [0.29, 0.717) is 13.0 Å². The van der Waals surface area contributed by atoms with Crippen molar-refractivity contribution >= 4 is 23.6 Å². The highest BCUT2D eigenvalue weighted by molar-refractivity contribution is 7.98. The Hall–Kier alpha value is -0.750. The monoisotopic (exact) mass is 262 g/mol. The minimum atomic E-state index is -0.895. The number of hydrogen-bond acceptors (Lipinski definition) is 4. The number of aliphatic carboxylic acids is 1. The van der Waals surface area contributed by atoms with Crippen LogP contribution in [0.5, 0.6) is 0 Å². The molecule has 2 atom stereocenters. The first-order valence-corrected chi connectivity index (χ1v) is 7.09. The highest BCUT2D eigenvalue weighted by Crippen LogP contribution is 2.06. The van der Waals surface area contributed by atoms with Crippen molar-refractivity contribution in [2.24, 2.45) is 11.7 Å². The summed E-state index contributed by atoms with van der Waals surface area (Å²) < 4.78 is 0. The molecule has 100 valence electrons. The van der Waals surface area contributed by atoms with Crippen LogP contribution < -0.4 is 5.73 Å². The number of carbonyl (C=O) groups is 2. The number of carboxylic acid groups (broad SMARTS) is 1. The van der Waals surface area contributed by atoms with Crippen LogP contribution in [0, 0.1) is 5.92 Å². The zero-order valence-electron chi connectivity index (χ0n) is 10.7. The van der Waals surface area contributed by atoms with Gasteiger partial charge in [0.1, 0.15) is 0 Å². The molecule has 1 amide bonds. The van der Waals surface area contributed by atoms with E-state index in [1.54, 1.807) is 18.7 Å². The van der Waals surface area contributed by atoms with E-state index in [1.807, 2.05) is 13.2 Å². The molecule has 0 rings (SSSR count). The van der Waals surface area contributed by atoms with Gasteiger partial charge >= 0.3 is 5.97 Å². The second-order valence-electron chi connectivity index (χ2n) is 4.00. The fraction of sp³-hybridized carbons (Fsp3) is 0.818. The maximum absolute atomic E-state index is 11.9. The molecule has 0 aromatic carbocycles. The van der Waals surface area contributed by atoms with Crippen molar-refractivity contribution in [1.82, 2.24) is 4.90 Å². The maximum atomic E-state index is 11.9. The fourth-order valence-electron chi connectivity index (χ4n) is 1.39. The minimum absolute atomic E-state index is 0.158. The zero-order valence-corrected chi connectivity index (χ0v) is 11.5. The highest BCUT2D eigenvalue weighted by Gasteiger charge is 2.23. The Morgan fingerprint density at radius 1 is 1.47 bits per heavy atom. The fourth-order valence-corrected chi connectivity index (χ4v) is 1.88. The normalized spacial score (nSPS) is 14.1. The molecule has 1 unspecified atom stereocenters. The molecule has 0 saturated heterocycles. The quantitative estimate of drug-likeness (QED) is 0.670. The first kappa shape index (κ1) is 16.2. The van der Waals surface area contributed by atoms with E-state index in [-0.39, 0.29) is 12.5 Å². The molecular formula is C11H22N2O3S. The third-order valence-electron chi connectivity index (χ3n) is 2.56. The van der Waals surface area contributed by atoms with Gasteiger partial charge in [0.2, 0.25) is 5.91 Å². The largest absolute Gasteiger partial charge is 0.481 e. The van der Waals surface area contributed by atoms with Gasteiger partial charge in [-0.15, -0.1) is 0 Å². The van der Waals surface area contributed by atoms with Gasteiger partial charge < -0.3 is 15.7 Å². The second-order valence-corrected chi connectivity index (χ2v) is 4.99. The standard InChI is InChI=1S/C11H22N2O3S/c1-4-13(7-8(2)11(15)16)10(14)9(12)5-6-17-3/h8-9H,4-7,12H2,1-3H3,(H,15,16)/t8?,9-/m0/s1. The Morgan fingerprint density at radius 2 is 2.06 bits per heavy atom. The lowest BCUT2D eigenvalue weighted by Crippen LogP contribution is -2.46. The van der Waals surface area contributed by atoms with Gasteiger partial charge in [-0.05, 0) is 25.4 Å². The van der Waals surface area contributed by atoms with E-state index in [1.165, 1.54) is 4.90 Å². The molecule has 0 aliphatic rings. The van der Waals surface area contributed by atoms with Crippen LogP contribution in [0.3, 0.4) is 0 Å². The lowest BCUT2D eigenvalue weighted by molar-refractivity contribution is -0.143. The molecule has 0 aliphatic carbocycles. The predicted octanol–water partition coefficient (Wildman–Crippen LogP) is 0.636. The van der Waals surface area contributed by atoms with Gasteiger partial charge in [0.05, 0.1) is 12.0 Å². The summed E-state index contributed by atoms with van der Waals surface area (Å²) in [5.74, 6) is -0.783. The molecule has 3 N–H and O–H groups in total. The van der Waals surface area contributed by atoms with E-state index in [4.69, 9.17) is 10.8 Å². The van der Waals surface area contributed by atoms with E-state index in [0.717, 1.165) is 5.75 Å². The molecule has 0 fully saturated rings. The molecule has 0 aromatic heterocycles. The Morgan fingerprint density at radius 3 is 2.47 bits per heavy atom. The van der Waals surface area contributed by atoms with Gasteiger partial charge in [-0.3, -0.25) is 9.59 Å². The molecule has 0 bridgehead atoms. The Labute approximate surface area is 107 Å². The van der Waals surface area contributed by atoms with E-state index in [2.05, 4.69) is 0 Å². The van der Waals surface area contributed by atoms with Crippen LogP contribution in [0.2, 0.25) is 0 Å². The van der Waals surface area contributed by atoms with Gasteiger partial charge in [0.25, 0.3) is 0 Å². The van der Waals surface area contributed by atoms with E-state index in [9.17, 15) is 9.59 Å².